The smallest absolute Gasteiger partial charge is 0.314 e. The van der Waals surface area contributed by atoms with Crippen molar-refractivity contribution in [2.24, 2.45) is 23.1 Å². The number of hydrogen-bond donors (Lipinski definition) is 4. The van der Waals surface area contributed by atoms with Gasteiger partial charge in [0.1, 0.15) is 11.6 Å². The standard InChI is InChI=1S/C7H11N3O2/c8-4-1-2-7(9,10)5(3-4)6(11)12/h1-3,5H,8-10H2,(H,11,12). The van der Waals surface area contributed by atoms with Gasteiger partial charge in [-0.05, 0) is 18.2 Å². The minimum absolute atomic E-state index is 0.369. The SMILES string of the molecule is NC1=CC(C(=O)O)C(N)(N)C=C1. The van der Waals surface area contributed by atoms with E-state index in [9.17, 15) is 4.79 Å². The molecule has 1 aliphatic carbocycles. The number of nitrogens with two attached hydrogens (primary N) is 3. The number of carbonyl (C=O) groups is 1. The van der Waals surface area contributed by atoms with Crippen LogP contribution in [0.15, 0.2) is 23.9 Å². The molecule has 1 unspecified atom stereocenters. The molecule has 0 fully saturated rings. The topological polar surface area (TPSA) is 115 Å². The van der Waals surface area contributed by atoms with Crippen LogP contribution in [0.25, 0.3) is 0 Å². The lowest BCUT2D eigenvalue weighted by Crippen LogP contribution is -2.57. The summed E-state index contributed by atoms with van der Waals surface area (Å²) in [4.78, 5) is 10.6. The highest BCUT2D eigenvalue weighted by atomic mass is 16.4. The van der Waals surface area contributed by atoms with Gasteiger partial charge in [0, 0.05) is 5.70 Å². The minimum Gasteiger partial charge on any atom is -0.481 e. The first kappa shape index (κ1) is 8.76. The number of allylic oxidation sites excluding steroid dienone is 1. The van der Waals surface area contributed by atoms with E-state index in [1.54, 1.807) is 0 Å². The van der Waals surface area contributed by atoms with E-state index in [1.807, 2.05) is 0 Å². The van der Waals surface area contributed by atoms with Gasteiger partial charge in [-0.1, -0.05) is 0 Å². The van der Waals surface area contributed by atoms with Gasteiger partial charge in [0.15, 0.2) is 0 Å². The van der Waals surface area contributed by atoms with Crippen molar-refractivity contribution in [2.75, 3.05) is 0 Å². The number of aliphatic carboxylic acids is 1. The van der Waals surface area contributed by atoms with Gasteiger partial charge in [-0.15, -0.1) is 0 Å². The third kappa shape index (κ3) is 1.46. The largest absolute Gasteiger partial charge is 0.481 e. The maximum absolute atomic E-state index is 10.6. The van der Waals surface area contributed by atoms with Crippen LogP contribution in [0.4, 0.5) is 0 Å². The molecule has 7 N–H and O–H groups in total. The lowest BCUT2D eigenvalue weighted by atomic mass is 9.89. The van der Waals surface area contributed by atoms with Gasteiger partial charge in [0.05, 0.1) is 0 Å². The monoisotopic (exact) mass is 169 g/mol. The van der Waals surface area contributed by atoms with Crippen LogP contribution in [0.1, 0.15) is 0 Å². The van der Waals surface area contributed by atoms with E-state index in [-0.39, 0.29) is 0 Å². The Morgan fingerprint density at radius 1 is 1.58 bits per heavy atom. The summed E-state index contributed by atoms with van der Waals surface area (Å²) in [6, 6.07) is 0. The van der Waals surface area contributed by atoms with Crippen molar-refractivity contribution in [3.63, 3.8) is 0 Å². The molecule has 0 heterocycles. The highest BCUT2D eigenvalue weighted by Crippen LogP contribution is 2.18. The molecule has 0 saturated heterocycles. The second-order valence-electron chi connectivity index (χ2n) is 2.82. The van der Waals surface area contributed by atoms with Crippen LogP contribution in [0.2, 0.25) is 0 Å². The lowest BCUT2D eigenvalue weighted by molar-refractivity contribution is -0.141. The summed E-state index contributed by atoms with van der Waals surface area (Å²) >= 11 is 0. The first-order valence-corrected chi connectivity index (χ1v) is 3.40. The van der Waals surface area contributed by atoms with Crippen molar-refractivity contribution in [1.29, 1.82) is 0 Å². The molecular formula is C7H11N3O2. The third-order valence-corrected chi connectivity index (χ3v) is 1.73. The van der Waals surface area contributed by atoms with Gasteiger partial charge in [0.25, 0.3) is 0 Å². The Bertz CT molecular complexity index is 268. The highest BCUT2D eigenvalue weighted by molar-refractivity contribution is 5.75. The van der Waals surface area contributed by atoms with Crippen molar-refractivity contribution in [1.82, 2.24) is 0 Å². The molecule has 66 valence electrons. The zero-order valence-electron chi connectivity index (χ0n) is 6.40. The summed E-state index contributed by atoms with van der Waals surface area (Å²) in [5, 5.41) is 8.70. The summed E-state index contributed by atoms with van der Waals surface area (Å²) in [5.74, 6) is -2.03. The molecule has 0 aromatic heterocycles. The molecule has 0 amide bonds. The lowest BCUT2D eigenvalue weighted by Gasteiger charge is -2.28. The van der Waals surface area contributed by atoms with Gasteiger partial charge in [-0.25, -0.2) is 0 Å². The van der Waals surface area contributed by atoms with Gasteiger partial charge >= 0.3 is 5.97 Å². The highest BCUT2D eigenvalue weighted by Gasteiger charge is 2.34. The summed E-state index contributed by atoms with van der Waals surface area (Å²) < 4.78 is 0. The average Bonchev–Trinajstić information content (AvgIpc) is 1.94. The van der Waals surface area contributed by atoms with E-state index in [0.29, 0.717) is 5.70 Å². The molecule has 5 heteroatoms. The molecule has 0 bridgehead atoms. The normalized spacial score (nSPS) is 26.5. The summed E-state index contributed by atoms with van der Waals surface area (Å²) in [6.45, 7) is 0. The Balaban J connectivity index is 2.98. The summed E-state index contributed by atoms with van der Waals surface area (Å²) in [5.41, 5.74) is 15.4. The molecule has 0 spiro atoms. The maximum Gasteiger partial charge on any atom is 0.314 e. The molecule has 1 rings (SSSR count). The van der Waals surface area contributed by atoms with Crippen molar-refractivity contribution in [2.45, 2.75) is 5.66 Å². The van der Waals surface area contributed by atoms with E-state index in [2.05, 4.69) is 0 Å². The molecule has 5 nitrogen and oxygen atoms in total. The fourth-order valence-electron chi connectivity index (χ4n) is 1.02. The van der Waals surface area contributed by atoms with Crippen LogP contribution in [-0.2, 0) is 4.79 Å². The summed E-state index contributed by atoms with van der Waals surface area (Å²) in [7, 11) is 0. The zero-order chi connectivity index (χ0) is 9.35. The predicted molar refractivity (Wildman–Crippen MR) is 43.6 cm³/mol. The second-order valence-corrected chi connectivity index (χ2v) is 2.82. The Morgan fingerprint density at radius 3 is 2.58 bits per heavy atom. The van der Waals surface area contributed by atoms with Crippen molar-refractivity contribution in [3.05, 3.63) is 23.9 Å². The van der Waals surface area contributed by atoms with Crippen LogP contribution >= 0.6 is 0 Å². The molecule has 1 aliphatic rings. The molecule has 0 aromatic rings. The Morgan fingerprint density at radius 2 is 2.17 bits per heavy atom. The first-order chi connectivity index (χ1) is 5.43. The van der Waals surface area contributed by atoms with Crippen LogP contribution < -0.4 is 17.2 Å². The molecule has 12 heavy (non-hydrogen) atoms. The molecule has 0 aromatic carbocycles. The molecule has 0 saturated carbocycles. The fourth-order valence-corrected chi connectivity index (χ4v) is 1.02. The van der Waals surface area contributed by atoms with Gasteiger partial charge < -0.3 is 22.3 Å². The predicted octanol–water partition coefficient (Wildman–Crippen LogP) is -1.29. The average molecular weight is 169 g/mol. The van der Waals surface area contributed by atoms with Crippen LogP contribution in [0.5, 0.6) is 0 Å². The Labute approximate surface area is 69.5 Å². The number of carboxylic acid groups (broad SMARTS) is 1. The molecule has 1 atom stereocenters. The molecule has 0 aliphatic heterocycles. The third-order valence-electron chi connectivity index (χ3n) is 1.73. The van der Waals surface area contributed by atoms with E-state index >= 15 is 0 Å². The minimum atomic E-state index is -1.34. The molecule has 0 radical (unpaired) electrons. The molecular weight excluding hydrogens is 158 g/mol. The van der Waals surface area contributed by atoms with E-state index in [4.69, 9.17) is 22.3 Å². The van der Waals surface area contributed by atoms with Gasteiger partial charge in [-0.2, -0.15) is 0 Å². The van der Waals surface area contributed by atoms with E-state index in [1.165, 1.54) is 18.2 Å². The number of rotatable bonds is 1. The van der Waals surface area contributed by atoms with Crippen molar-refractivity contribution < 1.29 is 9.90 Å². The van der Waals surface area contributed by atoms with Crippen LogP contribution in [-0.4, -0.2) is 16.7 Å². The first-order valence-electron chi connectivity index (χ1n) is 3.40. The fraction of sp³-hybridized carbons (Fsp3) is 0.286. The van der Waals surface area contributed by atoms with Crippen molar-refractivity contribution in [3.8, 4) is 0 Å². The Hall–Kier alpha value is -1.33. The summed E-state index contributed by atoms with van der Waals surface area (Å²) in [6.07, 6.45) is 4.23. The number of hydrogen-bond acceptors (Lipinski definition) is 4. The van der Waals surface area contributed by atoms with Crippen LogP contribution in [0, 0.1) is 5.92 Å². The Kier molecular flexibility index (Phi) is 1.91. The van der Waals surface area contributed by atoms with E-state index < -0.39 is 17.6 Å². The van der Waals surface area contributed by atoms with E-state index in [0.717, 1.165) is 0 Å². The quantitative estimate of drug-likeness (QED) is 0.365. The van der Waals surface area contributed by atoms with Gasteiger partial charge in [0.2, 0.25) is 0 Å². The van der Waals surface area contributed by atoms with Crippen LogP contribution in [0.3, 0.4) is 0 Å². The van der Waals surface area contributed by atoms with Gasteiger partial charge in [-0.3, -0.25) is 4.79 Å². The number of carboxylic acids is 1. The maximum atomic E-state index is 10.6. The van der Waals surface area contributed by atoms with Crippen molar-refractivity contribution >= 4 is 5.97 Å². The zero-order valence-corrected chi connectivity index (χ0v) is 6.40. The second kappa shape index (κ2) is 2.62.